The number of nitrogens with zero attached hydrogens (tertiary/aromatic N) is 1. The van der Waals surface area contributed by atoms with Gasteiger partial charge < -0.3 is 14.8 Å². The third kappa shape index (κ3) is 6.67. The van der Waals surface area contributed by atoms with Crippen LogP contribution in [-0.2, 0) is 14.3 Å². The molecule has 2 rings (SSSR count). The summed E-state index contributed by atoms with van der Waals surface area (Å²) >= 11 is 0. The Hall–Kier alpha value is -4.21. The monoisotopic (exact) mass is 426 g/mol. The van der Waals surface area contributed by atoms with E-state index in [4.69, 9.17) is 0 Å². The number of hydrogen-bond acceptors (Lipinski definition) is 7. The Morgan fingerprint density at radius 2 is 1.48 bits per heavy atom. The van der Waals surface area contributed by atoms with Crippen LogP contribution in [0.1, 0.15) is 29.3 Å². The normalized spacial score (nSPS) is 9.77. The van der Waals surface area contributed by atoms with Gasteiger partial charge in [0.05, 0.1) is 25.6 Å². The van der Waals surface area contributed by atoms with Crippen molar-refractivity contribution >= 4 is 41.2 Å². The summed E-state index contributed by atoms with van der Waals surface area (Å²) < 4.78 is 9.04. The van der Waals surface area contributed by atoms with E-state index in [9.17, 15) is 19.2 Å². The van der Waals surface area contributed by atoms with E-state index in [-0.39, 0.29) is 41.0 Å². The average molecular weight is 426 g/mol. The van der Waals surface area contributed by atoms with E-state index >= 15 is 0 Å². The van der Waals surface area contributed by atoms with Crippen molar-refractivity contribution in [1.82, 2.24) is 10.6 Å². The lowest BCUT2D eigenvalue weighted by Gasteiger charge is -2.12. The van der Waals surface area contributed by atoms with Crippen LogP contribution in [0.2, 0.25) is 0 Å². The summed E-state index contributed by atoms with van der Waals surface area (Å²) in [5.41, 5.74) is 1.14. The minimum atomic E-state index is -0.897. The van der Waals surface area contributed by atoms with Crippen LogP contribution in [0.3, 0.4) is 0 Å². The Morgan fingerprint density at radius 1 is 0.871 bits per heavy atom. The number of benzene rings is 2. The molecule has 0 spiro atoms. The Morgan fingerprint density at radius 3 is 2.03 bits per heavy atom. The third-order valence-electron chi connectivity index (χ3n) is 3.94. The Bertz CT molecular complexity index is 984. The van der Waals surface area contributed by atoms with Gasteiger partial charge in [-0.2, -0.15) is 0 Å². The third-order valence-corrected chi connectivity index (χ3v) is 3.94. The number of aliphatic imine (C=N–C) groups is 1. The van der Waals surface area contributed by atoms with E-state index < -0.39 is 12.2 Å². The van der Waals surface area contributed by atoms with Gasteiger partial charge in [-0.25, -0.2) is 14.6 Å². The minimum Gasteiger partial charge on any atom is -0.453 e. The average Bonchev–Trinajstić information content (AvgIpc) is 2.79. The Kier molecular flexibility index (Phi) is 8.26. The number of rotatable bonds is 5. The fraction of sp³-hybridized carbons (Fsp3) is 0.190. The van der Waals surface area contributed by atoms with Gasteiger partial charge in [-0.05, 0) is 18.2 Å². The molecule has 2 aromatic carbocycles. The quantitative estimate of drug-likeness (QED) is 0.382. The summed E-state index contributed by atoms with van der Waals surface area (Å²) in [6, 6.07) is 13.1. The van der Waals surface area contributed by atoms with E-state index in [2.05, 4.69) is 30.4 Å². The van der Waals surface area contributed by atoms with Gasteiger partial charge in [0.2, 0.25) is 11.9 Å². The molecule has 0 aliphatic carbocycles. The predicted octanol–water partition coefficient (Wildman–Crippen LogP) is 2.97. The first-order chi connectivity index (χ1) is 14.9. The lowest BCUT2D eigenvalue weighted by Crippen LogP contribution is -2.43. The lowest BCUT2D eigenvalue weighted by molar-refractivity contribution is -0.115. The molecule has 0 bridgehead atoms. The number of carbonyl (C=O) groups is 4. The van der Waals surface area contributed by atoms with E-state index in [0.717, 1.165) is 14.2 Å². The molecule has 0 aliphatic heterocycles. The van der Waals surface area contributed by atoms with Gasteiger partial charge >= 0.3 is 12.2 Å². The molecular weight excluding hydrogens is 404 g/mol. The molecule has 0 atom stereocenters. The van der Waals surface area contributed by atoms with Crippen LogP contribution in [0.5, 0.6) is 0 Å². The number of guanidine groups is 1. The molecule has 162 valence electrons. The molecule has 10 nitrogen and oxygen atoms in total. The Labute approximate surface area is 178 Å². The zero-order chi connectivity index (χ0) is 22.8. The Balaban J connectivity index is 2.53. The van der Waals surface area contributed by atoms with Crippen molar-refractivity contribution in [1.29, 1.82) is 0 Å². The summed E-state index contributed by atoms with van der Waals surface area (Å²) in [5, 5.41) is 7.13. The van der Waals surface area contributed by atoms with Gasteiger partial charge in [0.25, 0.3) is 0 Å². The summed E-state index contributed by atoms with van der Waals surface area (Å²) in [6.07, 6.45) is -1.58. The van der Waals surface area contributed by atoms with Gasteiger partial charge in [0.15, 0.2) is 5.78 Å². The van der Waals surface area contributed by atoms with Crippen molar-refractivity contribution in [2.45, 2.75) is 13.3 Å². The van der Waals surface area contributed by atoms with Crippen LogP contribution < -0.4 is 16.0 Å². The number of nitrogens with one attached hydrogen (secondary N) is 3. The molecule has 2 aromatic rings. The first-order valence-electron chi connectivity index (χ1n) is 9.20. The number of anilines is 1. The van der Waals surface area contributed by atoms with Gasteiger partial charge in [-0.15, -0.1) is 0 Å². The van der Waals surface area contributed by atoms with Crippen molar-refractivity contribution in [3.05, 3.63) is 59.7 Å². The van der Waals surface area contributed by atoms with Gasteiger partial charge in [0, 0.05) is 17.5 Å². The smallest absolute Gasteiger partial charge is 0.413 e. The maximum absolute atomic E-state index is 12.8. The highest BCUT2D eigenvalue weighted by molar-refractivity contribution is 6.10. The molecule has 0 unspecified atom stereocenters. The molecule has 0 radical (unpaired) electrons. The zero-order valence-electron chi connectivity index (χ0n) is 17.2. The topological polar surface area (TPSA) is 135 Å². The molecule has 3 amide bonds. The standard InChI is InChI=1S/C21H22N4O6/c1-4-17(26)22-15-11-10-14(18(27)13-8-6-5-7-9-13)12-16(15)23-19(24-20(28)30-2)25-21(29)31-3/h5-12H,4H2,1-3H3,(H,22,26)(H2,23,24,25,28,29). The van der Waals surface area contributed by atoms with Crippen molar-refractivity contribution in [2.24, 2.45) is 4.99 Å². The summed E-state index contributed by atoms with van der Waals surface area (Å²) in [4.78, 5) is 52.1. The maximum atomic E-state index is 12.8. The molecule has 3 N–H and O–H groups in total. The summed E-state index contributed by atoms with van der Waals surface area (Å²) in [5.74, 6) is -0.884. The van der Waals surface area contributed by atoms with Crippen molar-refractivity contribution in [2.75, 3.05) is 19.5 Å². The highest BCUT2D eigenvalue weighted by Crippen LogP contribution is 2.28. The first-order valence-corrected chi connectivity index (χ1v) is 9.20. The number of amides is 3. The van der Waals surface area contributed by atoms with E-state index in [0.29, 0.717) is 5.56 Å². The first kappa shape index (κ1) is 23.1. The van der Waals surface area contributed by atoms with Crippen LogP contribution in [0.15, 0.2) is 53.5 Å². The van der Waals surface area contributed by atoms with Gasteiger partial charge in [-0.1, -0.05) is 37.3 Å². The number of methoxy groups -OCH3 is 2. The van der Waals surface area contributed by atoms with Crippen LogP contribution in [0, 0.1) is 0 Å². The molecule has 0 aromatic heterocycles. The second-order valence-corrected chi connectivity index (χ2v) is 6.02. The molecule has 10 heteroatoms. The number of hydrogen-bond donors (Lipinski definition) is 3. The van der Waals surface area contributed by atoms with Crippen LogP contribution in [0.25, 0.3) is 0 Å². The van der Waals surface area contributed by atoms with E-state index in [1.807, 2.05) is 0 Å². The molecule has 0 saturated heterocycles. The molecule has 0 saturated carbocycles. The SMILES string of the molecule is CCC(=O)Nc1ccc(C(=O)c2ccccc2)cc1N=C(NC(=O)OC)NC(=O)OC. The zero-order valence-corrected chi connectivity index (χ0v) is 17.2. The highest BCUT2D eigenvalue weighted by Gasteiger charge is 2.16. The molecule has 31 heavy (non-hydrogen) atoms. The molecule has 0 heterocycles. The maximum Gasteiger partial charge on any atom is 0.413 e. The lowest BCUT2D eigenvalue weighted by atomic mass is 10.0. The summed E-state index contributed by atoms with van der Waals surface area (Å²) in [7, 11) is 2.27. The van der Waals surface area contributed by atoms with Gasteiger partial charge in [-0.3, -0.25) is 20.2 Å². The van der Waals surface area contributed by atoms with Crippen LogP contribution in [-0.4, -0.2) is 44.1 Å². The molecule has 0 fully saturated rings. The second kappa shape index (κ2) is 11.1. The molecule has 0 aliphatic rings. The fourth-order valence-corrected chi connectivity index (χ4v) is 2.37. The minimum absolute atomic E-state index is 0.117. The second-order valence-electron chi connectivity index (χ2n) is 6.02. The highest BCUT2D eigenvalue weighted by atomic mass is 16.5. The van der Waals surface area contributed by atoms with Crippen molar-refractivity contribution in [3.8, 4) is 0 Å². The van der Waals surface area contributed by atoms with E-state index in [1.54, 1.807) is 43.3 Å². The van der Waals surface area contributed by atoms with Gasteiger partial charge in [0.1, 0.15) is 0 Å². The fourth-order valence-electron chi connectivity index (χ4n) is 2.37. The van der Waals surface area contributed by atoms with Crippen LogP contribution >= 0.6 is 0 Å². The number of ketones is 1. The van der Waals surface area contributed by atoms with Crippen LogP contribution in [0.4, 0.5) is 21.0 Å². The van der Waals surface area contributed by atoms with Crippen molar-refractivity contribution in [3.63, 3.8) is 0 Å². The predicted molar refractivity (Wildman–Crippen MR) is 113 cm³/mol. The number of carbonyl (C=O) groups excluding carboxylic acids is 4. The summed E-state index contributed by atoms with van der Waals surface area (Å²) in [6.45, 7) is 1.68. The molecular formula is C21H22N4O6. The number of alkyl carbamates (subject to hydrolysis) is 2. The largest absolute Gasteiger partial charge is 0.453 e. The number of ether oxygens (including phenoxy) is 2. The van der Waals surface area contributed by atoms with E-state index in [1.165, 1.54) is 12.1 Å². The van der Waals surface area contributed by atoms with Crippen molar-refractivity contribution < 1.29 is 28.7 Å².